The monoisotopic (exact) mass is 209 g/mol. The van der Waals surface area contributed by atoms with Crippen molar-refractivity contribution >= 4 is 0 Å². The zero-order chi connectivity index (χ0) is 10.8. The summed E-state index contributed by atoms with van der Waals surface area (Å²) in [4.78, 5) is 0. The topological polar surface area (TPSA) is 59.4 Å². The predicted octanol–water partition coefficient (Wildman–Crippen LogP) is 1.33. The van der Waals surface area contributed by atoms with Crippen LogP contribution in [0.15, 0.2) is 16.5 Å². The van der Waals surface area contributed by atoms with E-state index in [9.17, 15) is 13.2 Å². The first-order valence-corrected chi connectivity index (χ1v) is 3.97. The molecule has 0 spiro atoms. The van der Waals surface area contributed by atoms with E-state index < -0.39 is 17.9 Å². The standard InChI is InChI=1S/C8H10F3NO2/c9-8(10,11)7-2-1-6(14-7)5(3-12)4-13/h1-2,5,13H,3-4,12H2. The number of alkyl halides is 3. The van der Waals surface area contributed by atoms with E-state index in [2.05, 4.69) is 4.42 Å². The van der Waals surface area contributed by atoms with Gasteiger partial charge < -0.3 is 15.3 Å². The van der Waals surface area contributed by atoms with Gasteiger partial charge in [0.05, 0.1) is 12.5 Å². The number of hydrogen-bond donors (Lipinski definition) is 2. The van der Waals surface area contributed by atoms with Crippen molar-refractivity contribution in [3.8, 4) is 0 Å². The number of halogens is 3. The van der Waals surface area contributed by atoms with E-state index in [1.165, 1.54) is 6.07 Å². The molecule has 3 nitrogen and oxygen atoms in total. The van der Waals surface area contributed by atoms with Crippen LogP contribution in [0, 0.1) is 0 Å². The van der Waals surface area contributed by atoms with Crippen LogP contribution in [0.25, 0.3) is 0 Å². The summed E-state index contributed by atoms with van der Waals surface area (Å²) >= 11 is 0. The van der Waals surface area contributed by atoms with E-state index in [-0.39, 0.29) is 18.9 Å². The summed E-state index contributed by atoms with van der Waals surface area (Å²) in [7, 11) is 0. The molecule has 1 aromatic heterocycles. The molecule has 0 amide bonds. The summed E-state index contributed by atoms with van der Waals surface area (Å²) in [6.45, 7) is -0.289. The minimum Gasteiger partial charge on any atom is -0.456 e. The molecular weight excluding hydrogens is 199 g/mol. The van der Waals surface area contributed by atoms with Gasteiger partial charge in [-0.05, 0) is 12.1 Å². The first-order chi connectivity index (χ1) is 6.49. The van der Waals surface area contributed by atoms with Gasteiger partial charge in [-0.2, -0.15) is 13.2 Å². The third-order valence-electron chi connectivity index (χ3n) is 1.81. The molecule has 1 unspecified atom stereocenters. The molecular formula is C8H10F3NO2. The molecule has 0 aromatic carbocycles. The third kappa shape index (κ3) is 2.27. The largest absolute Gasteiger partial charge is 0.456 e. The van der Waals surface area contributed by atoms with Crippen molar-refractivity contribution in [3.63, 3.8) is 0 Å². The maximum Gasteiger partial charge on any atom is 0.449 e. The molecule has 0 aliphatic rings. The second kappa shape index (κ2) is 4.02. The van der Waals surface area contributed by atoms with Crippen LogP contribution in [-0.4, -0.2) is 18.3 Å². The van der Waals surface area contributed by atoms with Gasteiger partial charge in [-0.1, -0.05) is 0 Å². The second-order valence-electron chi connectivity index (χ2n) is 2.81. The van der Waals surface area contributed by atoms with E-state index in [1.807, 2.05) is 0 Å². The Morgan fingerprint density at radius 3 is 2.43 bits per heavy atom. The minimum absolute atomic E-state index is 0.0430. The highest BCUT2D eigenvalue weighted by atomic mass is 19.4. The Balaban J connectivity index is 2.87. The SMILES string of the molecule is NCC(CO)c1ccc(C(F)(F)F)o1. The van der Waals surface area contributed by atoms with Crippen LogP contribution >= 0.6 is 0 Å². The summed E-state index contributed by atoms with van der Waals surface area (Å²) in [5.74, 6) is -1.59. The van der Waals surface area contributed by atoms with E-state index in [0.717, 1.165) is 6.07 Å². The van der Waals surface area contributed by atoms with Gasteiger partial charge in [0.25, 0.3) is 0 Å². The number of aliphatic hydroxyl groups excluding tert-OH is 1. The highest BCUT2D eigenvalue weighted by Crippen LogP contribution is 2.32. The quantitative estimate of drug-likeness (QED) is 0.789. The first kappa shape index (κ1) is 11.1. The molecule has 0 aliphatic carbocycles. The van der Waals surface area contributed by atoms with Crippen LogP contribution in [0.4, 0.5) is 13.2 Å². The first-order valence-electron chi connectivity index (χ1n) is 3.97. The third-order valence-corrected chi connectivity index (χ3v) is 1.81. The molecule has 1 aromatic rings. The zero-order valence-electron chi connectivity index (χ0n) is 7.21. The van der Waals surface area contributed by atoms with Gasteiger partial charge in [0.2, 0.25) is 5.76 Å². The Morgan fingerprint density at radius 1 is 1.43 bits per heavy atom. The number of rotatable bonds is 3. The van der Waals surface area contributed by atoms with Crippen molar-refractivity contribution in [2.75, 3.05) is 13.2 Å². The number of aliphatic hydroxyl groups is 1. The van der Waals surface area contributed by atoms with E-state index in [4.69, 9.17) is 10.8 Å². The summed E-state index contributed by atoms with van der Waals surface area (Å²) in [6.07, 6.45) is -4.49. The minimum atomic E-state index is -4.49. The fourth-order valence-corrected chi connectivity index (χ4v) is 1.01. The average Bonchev–Trinajstić information content (AvgIpc) is 2.54. The van der Waals surface area contributed by atoms with Gasteiger partial charge in [-0.25, -0.2) is 0 Å². The van der Waals surface area contributed by atoms with Crippen molar-refractivity contribution in [3.05, 3.63) is 23.7 Å². The maximum absolute atomic E-state index is 12.1. The normalized spacial score (nSPS) is 14.4. The molecule has 0 saturated carbocycles. The Kier molecular flexibility index (Phi) is 3.17. The van der Waals surface area contributed by atoms with E-state index in [1.54, 1.807) is 0 Å². The fourth-order valence-electron chi connectivity index (χ4n) is 1.01. The summed E-state index contributed by atoms with van der Waals surface area (Å²) in [5.41, 5.74) is 5.23. The molecule has 6 heteroatoms. The predicted molar refractivity (Wildman–Crippen MR) is 42.6 cm³/mol. The fraction of sp³-hybridized carbons (Fsp3) is 0.500. The lowest BCUT2D eigenvalue weighted by molar-refractivity contribution is -0.153. The summed E-state index contributed by atoms with van der Waals surface area (Å²) in [5, 5.41) is 8.77. The van der Waals surface area contributed by atoms with E-state index in [0.29, 0.717) is 0 Å². The lowest BCUT2D eigenvalue weighted by Gasteiger charge is -2.07. The zero-order valence-corrected chi connectivity index (χ0v) is 7.21. The Bertz CT molecular complexity index is 291. The molecule has 0 fully saturated rings. The number of furan rings is 1. The van der Waals surface area contributed by atoms with Crippen LogP contribution in [-0.2, 0) is 6.18 Å². The lowest BCUT2D eigenvalue weighted by atomic mass is 10.1. The molecule has 0 aliphatic heterocycles. The molecule has 80 valence electrons. The lowest BCUT2D eigenvalue weighted by Crippen LogP contribution is -2.15. The molecule has 0 saturated heterocycles. The van der Waals surface area contributed by atoms with E-state index >= 15 is 0 Å². The molecule has 14 heavy (non-hydrogen) atoms. The van der Waals surface area contributed by atoms with Crippen molar-refractivity contribution in [2.45, 2.75) is 12.1 Å². The van der Waals surface area contributed by atoms with Crippen LogP contribution < -0.4 is 5.73 Å². The van der Waals surface area contributed by atoms with Crippen molar-refractivity contribution in [1.82, 2.24) is 0 Å². The summed E-state index contributed by atoms with van der Waals surface area (Å²) < 4.78 is 40.8. The smallest absolute Gasteiger partial charge is 0.449 e. The molecule has 1 heterocycles. The molecule has 0 bridgehead atoms. The summed E-state index contributed by atoms with van der Waals surface area (Å²) in [6, 6.07) is 2.00. The molecule has 1 rings (SSSR count). The molecule has 3 N–H and O–H groups in total. The Hall–Kier alpha value is -1.01. The van der Waals surface area contributed by atoms with Gasteiger partial charge in [0, 0.05) is 6.54 Å². The van der Waals surface area contributed by atoms with Crippen molar-refractivity contribution < 1.29 is 22.7 Å². The van der Waals surface area contributed by atoms with Gasteiger partial charge in [0.15, 0.2) is 0 Å². The van der Waals surface area contributed by atoms with Crippen LogP contribution in [0.1, 0.15) is 17.4 Å². The van der Waals surface area contributed by atoms with Gasteiger partial charge in [-0.15, -0.1) is 0 Å². The molecule has 0 radical (unpaired) electrons. The number of hydrogen-bond acceptors (Lipinski definition) is 3. The average molecular weight is 209 g/mol. The second-order valence-corrected chi connectivity index (χ2v) is 2.81. The molecule has 1 atom stereocenters. The van der Waals surface area contributed by atoms with Crippen molar-refractivity contribution in [2.24, 2.45) is 5.73 Å². The maximum atomic E-state index is 12.1. The highest BCUT2D eigenvalue weighted by molar-refractivity contribution is 5.13. The van der Waals surface area contributed by atoms with Gasteiger partial charge >= 0.3 is 6.18 Å². The Morgan fingerprint density at radius 2 is 2.07 bits per heavy atom. The van der Waals surface area contributed by atoms with Crippen molar-refractivity contribution in [1.29, 1.82) is 0 Å². The van der Waals surface area contributed by atoms with Crippen LogP contribution in [0.2, 0.25) is 0 Å². The van der Waals surface area contributed by atoms with Crippen LogP contribution in [0.3, 0.4) is 0 Å². The van der Waals surface area contributed by atoms with Gasteiger partial charge in [0.1, 0.15) is 5.76 Å². The Labute approximate surface area is 78.3 Å². The number of nitrogens with two attached hydrogens (primary N) is 1. The highest BCUT2D eigenvalue weighted by Gasteiger charge is 2.35. The van der Waals surface area contributed by atoms with Crippen LogP contribution in [0.5, 0.6) is 0 Å². The van der Waals surface area contributed by atoms with Gasteiger partial charge in [-0.3, -0.25) is 0 Å².